The van der Waals surface area contributed by atoms with Crippen LogP contribution in [0.25, 0.3) is 0 Å². The molecule has 1 saturated carbocycles. The van der Waals surface area contributed by atoms with Gasteiger partial charge in [-0.05, 0) is 32.6 Å². The minimum absolute atomic E-state index is 0.141. The van der Waals surface area contributed by atoms with E-state index in [9.17, 15) is 4.79 Å². The van der Waals surface area contributed by atoms with Crippen molar-refractivity contribution in [1.82, 2.24) is 24.2 Å². The highest BCUT2D eigenvalue weighted by Crippen LogP contribution is 2.41. The fourth-order valence-corrected chi connectivity index (χ4v) is 3.76. The molecular formula is C17H23N5O. The van der Waals surface area contributed by atoms with Crippen molar-refractivity contribution in [2.45, 2.75) is 44.6 Å². The van der Waals surface area contributed by atoms with E-state index in [1.807, 2.05) is 35.9 Å². The molecule has 2 aliphatic rings. The monoisotopic (exact) mass is 313 g/mol. The minimum Gasteiger partial charge on any atom is -0.336 e. The van der Waals surface area contributed by atoms with Gasteiger partial charge in [0.25, 0.3) is 5.91 Å². The summed E-state index contributed by atoms with van der Waals surface area (Å²) < 4.78 is 4.08. The normalized spacial score (nSPS) is 21.7. The molecule has 6 nitrogen and oxygen atoms in total. The first-order chi connectivity index (χ1) is 11.1. The van der Waals surface area contributed by atoms with Crippen LogP contribution in [0.4, 0.5) is 0 Å². The van der Waals surface area contributed by atoms with Gasteiger partial charge in [0, 0.05) is 38.4 Å². The van der Waals surface area contributed by atoms with Gasteiger partial charge in [-0.15, -0.1) is 0 Å². The van der Waals surface area contributed by atoms with Gasteiger partial charge >= 0.3 is 0 Å². The first kappa shape index (κ1) is 14.5. The van der Waals surface area contributed by atoms with Crippen LogP contribution in [0, 0.1) is 6.92 Å². The van der Waals surface area contributed by atoms with Gasteiger partial charge < -0.3 is 9.47 Å². The molecule has 1 aliphatic carbocycles. The second kappa shape index (κ2) is 5.51. The van der Waals surface area contributed by atoms with Gasteiger partial charge in [-0.2, -0.15) is 5.10 Å². The SMILES string of the molecule is Cc1nccn1C1CCCN(C(=O)c2cnn(C)c2C2CC2)C1. The molecule has 2 aromatic rings. The summed E-state index contributed by atoms with van der Waals surface area (Å²) in [7, 11) is 1.94. The first-order valence-electron chi connectivity index (χ1n) is 8.45. The van der Waals surface area contributed by atoms with E-state index < -0.39 is 0 Å². The molecule has 122 valence electrons. The Bertz CT molecular complexity index is 727. The lowest BCUT2D eigenvalue weighted by Gasteiger charge is -2.34. The van der Waals surface area contributed by atoms with Crippen molar-refractivity contribution in [2.75, 3.05) is 13.1 Å². The number of rotatable bonds is 3. The minimum atomic E-state index is 0.141. The lowest BCUT2D eigenvalue weighted by Crippen LogP contribution is -2.41. The summed E-state index contributed by atoms with van der Waals surface area (Å²) in [6.07, 6.45) is 10.1. The average Bonchev–Trinajstić information content (AvgIpc) is 3.19. The molecule has 0 aromatic carbocycles. The van der Waals surface area contributed by atoms with E-state index in [1.54, 1.807) is 6.20 Å². The van der Waals surface area contributed by atoms with Crippen molar-refractivity contribution in [3.63, 3.8) is 0 Å². The second-order valence-corrected chi connectivity index (χ2v) is 6.77. The zero-order valence-corrected chi connectivity index (χ0v) is 13.8. The van der Waals surface area contributed by atoms with Crippen LogP contribution in [0.3, 0.4) is 0 Å². The standard InChI is InChI=1S/C17H23N5O/c1-12-18-7-9-22(12)14-4-3-8-21(11-14)17(23)15-10-19-20(2)16(15)13-5-6-13/h7,9-10,13-14H,3-6,8,11H2,1-2H3. The predicted molar refractivity (Wildman–Crippen MR) is 86.3 cm³/mol. The van der Waals surface area contributed by atoms with Crippen LogP contribution in [-0.2, 0) is 7.05 Å². The van der Waals surface area contributed by atoms with Crippen LogP contribution in [0.15, 0.2) is 18.6 Å². The number of imidazole rings is 1. The summed E-state index contributed by atoms with van der Waals surface area (Å²) in [6.45, 7) is 3.62. The number of hydrogen-bond donors (Lipinski definition) is 0. The summed E-state index contributed by atoms with van der Waals surface area (Å²) in [4.78, 5) is 19.3. The van der Waals surface area contributed by atoms with Gasteiger partial charge in [-0.3, -0.25) is 9.48 Å². The molecule has 1 aliphatic heterocycles. The van der Waals surface area contributed by atoms with E-state index >= 15 is 0 Å². The van der Waals surface area contributed by atoms with Gasteiger partial charge in [-0.1, -0.05) is 0 Å². The molecule has 3 heterocycles. The third-order valence-electron chi connectivity index (χ3n) is 5.12. The predicted octanol–water partition coefficient (Wildman–Crippen LogP) is 2.28. The molecule has 1 saturated heterocycles. The number of carbonyl (C=O) groups excluding carboxylic acids is 1. The maximum Gasteiger partial charge on any atom is 0.257 e. The van der Waals surface area contributed by atoms with E-state index in [-0.39, 0.29) is 5.91 Å². The maximum absolute atomic E-state index is 13.0. The number of likely N-dealkylation sites (tertiary alicyclic amines) is 1. The van der Waals surface area contributed by atoms with Gasteiger partial charge in [-0.25, -0.2) is 4.98 Å². The fourth-order valence-electron chi connectivity index (χ4n) is 3.76. The molecule has 0 spiro atoms. The Kier molecular flexibility index (Phi) is 3.47. The van der Waals surface area contributed by atoms with Crippen LogP contribution < -0.4 is 0 Å². The molecule has 6 heteroatoms. The Hall–Kier alpha value is -2.11. The Balaban J connectivity index is 1.56. The molecule has 1 amide bonds. The largest absolute Gasteiger partial charge is 0.336 e. The van der Waals surface area contributed by atoms with E-state index in [4.69, 9.17) is 0 Å². The zero-order chi connectivity index (χ0) is 16.0. The number of aryl methyl sites for hydroxylation is 2. The van der Waals surface area contributed by atoms with Crippen molar-refractivity contribution in [1.29, 1.82) is 0 Å². The van der Waals surface area contributed by atoms with Crippen molar-refractivity contribution >= 4 is 5.91 Å². The number of hydrogen-bond acceptors (Lipinski definition) is 3. The molecule has 2 aromatic heterocycles. The Morgan fingerprint density at radius 2 is 2.13 bits per heavy atom. The van der Waals surface area contributed by atoms with E-state index in [2.05, 4.69) is 14.6 Å². The van der Waals surface area contributed by atoms with Crippen LogP contribution in [-0.4, -0.2) is 43.2 Å². The average molecular weight is 313 g/mol. The molecule has 1 unspecified atom stereocenters. The highest BCUT2D eigenvalue weighted by Gasteiger charge is 2.34. The fraction of sp³-hybridized carbons (Fsp3) is 0.588. The Labute approximate surface area is 136 Å². The van der Waals surface area contributed by atoms with Crippen molar-refractivity contribution in [3.8, 4) is 0 Å². The van der Waals surface area contributed by atoms with Gasteiger partial charge in [0.1, 0.15) is 5.82 Å². The number of amides is 1. The van der Waals surface area contributed by atoms with Crippen molar-refractivity contribution in [3.05, 3.63) is 35.7 Å². The molecule has 1 atom stereocenters. The molecule has 4 rings (SSSR count). The first-order valence-corrected chi connectivity index (χ1v) is 8.45. The van der Waals surface area contributed by atoms with Crippen LogP contribution in [0.2, 0.25) is 0 Å². The number of aromatic nitrogens is 4. The van der Waals surface area contributed by atoms with Crippen molar-refractivity contribution < 1.29 is 4.79 Å². The summed E-state index contributed by atoms with van der Waals surface area (Å²) in [5, 5.41) is 4.33. The summed E-state index contributed by atoms with van der Waals surface area (Å²) in [6, 6.07) is 0.330. The molecule has 0 radical (unpaired) electrons. The van der Waals surface area contributed by atoms with E-state index in [1.165, 1.54) is 12.8 Å². The van der Waals surface area contributed by atoms with E-state index in [0.717, 1.165) is 43.0 Å². The molecular weight excluding hydrogens is 290 g/mol. The Morgan fingerprint density at radius 1 is 1.30 bits per heavy atom. The maximum atomic E-state index is 13.0. The number of nitrogens with zero attached hydrogens (tertiary/aromatic N) is 5. The van der Waals surface area contributed by atoms with Gasteiger partial charge in [0.05, 0.1) is 23.5 Å². The van der Waals surface area contributed by atoms with Gasteiger partial charge in [0.2, 0.25) is 0 Å². The van der Waals surface area contributed by atoms with E-state index in [0.29, 0.717) is 12.0 Å². The van der Waals surface area contributed by atoms with Crippen LogP contribution in [0.5, 0.6) is 0 Å². The molecule has 0 bridgehead atoms. The molecule has 2 fully saturated rings. The quantitative estimate of drug-likeness (QED) is 0.873. The summed E-state index contributed by atoms with van der Waals surface area (Å²) in [5.74, 6) is 1.68. The lowest BCUT2D eigenvalue weighted by atomic mass is 10.0. The highest BCUT2D eigenvalue weighted by molar-refractivity contribution is 5.95. The zero-order valence-electron chi connectivity index (χ0n) is 13.8. The highest BCUT2D eigenvalue weighted by atomic mass is 16.2. The second-order valence-electron chi connectivity index (χ2n) is 6.77. The summed E-state index contributed by atoms with van der Waals surface area (Å²) >= 11 is 0. The number of piperidine rings is 1. The lowest BCUT2D eigenvalue weighted by molar-refractivity contribution is 0.0677. The topological polar surface area (TPSA) is 56.0 Å². The van der Waals surface area contributed by atoms with Crippen molar-refractivity contribution in [2.24, 2.45) is 7.05 Å². The third-order valence-corrected chi connectivity index (χ3v) is 5.12. The number of carbonyl (C=O) groups is 1. The Morgan fingerprint density at radius 3 is 2.83 bits per heavy atom. The summed E-state index contributed by atoms with van der Waals surface area (Å²) in [5.41, 5.74) is 1.92. The smallest absolute Gasteiger partial charge is 0.257 e. The van der Waals surface area contributed by atoms with Crippen LogP contribution >= 0.6 is 0 Å². The molecule has 23 heavy (non-hydrogen) atoms. The molecule has 0 N–H and O–H groups in total. The third kappa shape index (κ3) is 2.56. The van der Waals surface area contributed by atoms with Crippen LogP contribution in [0.1, 0.15) is 59.5 Å². The van der Waals surface area contributed by atoms with Gasteiger partial charge in [0.15, 0.2) is 0 Å².